The van der Waals surface area contributed by atoms with Gasteiger partial charge < -0.3 is 5.11 Å². The summed E-state index contributed by atoms with van der Waals surface area (Å²) in [5, 5.41) is 15.1. The lowest BCUT2D eigenvalue weighted by Crippen LogP contribution is -2.11. The van der Waals surface area contributed by atoms with Crippen molar-refractivity contribution in [3.63, 3.8) is 0 Å². The molecule has 302 valence electrons. The smallest absolute Gasteiger partial charge is 0.149 e. The van der Waals surface area contributed by atoms with E-state index in [-0.39, 0.29) is 16.6 Å². The van der Waals surface area contributed by atoms with E-state index >= 15 is 0 Å². The molecule has 0 radical (unpaired) electrons. The number of nitrogens with zero attached hydrogens (tertiary/aromatic N) is 4. The third kappa shape index (κ3) is 7.09. The number of rotatable bonds is 6. The molecular weight excluding hydrogens is 757 g/mol. The fraction of sp³-hybridized carbons (Fsp3) is 0.140. The zero-order valence-corrected chi connectivity index (χ0v) is 36.0. The SMILES string of the molecule is CC(C)(C)c1ccc(-n2c(-c3cc(C(C)(C)C)ccc3O)nc3c(-c4cccc(-c5cc(-c6ccccn6)cc6cccnc56)c4)cc(-c4ccc5ccccc5c4)cc32)cc1. The minimum absolute atomic E-state index is 0.0168. The summed E-state index contributed by atoms with van der Waals surface area (Å²) in [6.45, 7) is 13.3. The molecule has 0 spiro atoms. The van der Waals surface area contributed by atoms with E-state index in [9.17, 15) is 5.11 Å². The van der Waals surface area contributed by atoms with Crippen molar-refractivity contribution in [2.45, 2.75) is 52.4 Å². The van der Waals surface area contributed by atoms with Crippen LogP contribution in [-0.4, -0.2) is 24.6 Å². The number of aromatic hydroxyl groups is 1. The number of fused-ring (bicyclic) bond motifs is 3. The molecular formula is C57H48N4O. The monoisotopic (exact) mass is 804 g/mol. The first-order valence-corrected chi connectivity index (χ1v) is 21.3. The van der Waals surface area contributed by atoms with E-state index < -0.39 is 0 Å². The van der Waals surface area contributed by atoms with Gasteiger partial charge in [-0.1, -0.05) is 126 Å². The van der Waals surface area contributed by atoms with Crippen LogP contribution in [0.4, 0.5) is 0 Å². The minimum Gasteiger partial charge on any atom is -0.507 e. The third-order valence-corrected chi connectivity index (χ3v) is 12.1. The molecule has 3 aromatic heterocycles. The van der Waals surface area contributed by atoms with Crippen molar-refractivity contribution in [1.29, 1.82) is 0 Å². The van der Waals surface area contributed by atoms with Crippen LogP contribution in [0, 0.1) is 0 Å². The number of hydrogen-bond acceptors (Lipinski definition) is 4. The first-order chi connectivity index (χ1) is 29.9. The average molecular weight is 805 g/mol. The summed E-state index contributed by atoms with van der Waals surface area (Å²) in [7, 11) is 0. The standard InChI is InChI=1S/C57H48N4O/c1-56(2,3)44-21-24-46(25-22-44)61-51-34-42(38-20-19-36-13-7-8-14-37(36)29-38)32-48(54(51)60-55(61)49-35-45(57(4,5)6)23-26-52(49)62)40-16-11-15-39(30-40)47-33-43(50-18-9-10-27-58-50)31-41-17-12-28-59-53(41)47/h7-35,62H,1-6H3. The maximum Gasteiger partial charge on any atom is 0.149 e. The summed E-state index contributed by atoms with van der Waals surface area (Å²) < 4.78 is 2.23. The molecule has 5 heteroatoms. The van der Waals surface area contributed by atoms with Gasteiger partial charge in [-0.15, -0.1) is 0 Å². The number of aromatic nitrogens is 4. The van der Waals surface area contributed by atoms with Gasteiger partial charge in [0.05, 0.1) is 27.8 Å². The van der Waals surface area contributed by atoms with Crippen LogP contribution in [0.1, 0.15) is 52.7 Å². The predicted molar refractivity (Wildman–Crippen MR) is 258 cm³/mol. The summed E-state index contributed by atoms with van der Waals surface area (Å²) in [4.78, 5) is 15.2. The first-order valence-electron chi connectivity index (χ1n) is 21.3. The highest BCUT2D eigenvalue weighted by atomic mass is 16.3. The van der Waals surface area contributed by atoms with E-state index in [0.29, 0.717) is 11.4 Å². The average Bonchev–Trinajstić information content (AvgIpc) is 3.67. The second kappa shape index (κ2) is 15.0. The van der Waals surface area contributed by atoms with E-state index in [1.54, 1.807) is 0 Å². The molecule has 0 saturated heterocycles. The highest BCUT2D eigenvalue weighted by Gasteiger charge is 2.25. The minimum atomic E-state index is -0.143. The van der Waals surface area contributed by atoms with Crippen molar-refractivity contribution in [2.75, 3.05) is 0 Å². The normalized spacial score (nSPS) is 12.1. The molecule has 5 nitrogen and oxygen atoms in total. The van der Waals surface area contributed by atoms with Crippen LogP contribution in [0.3, 0.4) is 0 Å². The highest BCUT2D eigenvalue weighted by molar-refractivity contribution is 6.02. The zero-order valence-electron chi connectivity index (χ0n) is 36.0. The number of benzene rings is 7. The molecule has 0 aliphatic rings. The molecule has 10 rings (SSSR count). The molecule has 62 heavy (non-hydrogen) atoms. The fourth-order valence-electron chi connectivity index (χ4n) is 8.61. The van der Waals surface area contributed by atoms with Gasteiger partial charge in [0.1, 0.15) is 11.6 Å². The van der Waals surface area contributed by atoms with E-state index in [0.717, 1.165) is 77.8 Å². The number of phenolic OH excluding ortho intramolecular Hbond substituents is 1. The fourth-order valence-corrected chi connectivity index (χ4v) is 8.61. The van der Waals surface area contributed by atoms with Gasteiger partial charge in [0, 0.05) is 40.2 Å². The second-order valence-corrected chi connectivity index (χ2v) is 18.4. The van der Waals surface area contributed by atoms with Gasteiger partial charge in [-0.25, -0.2) is 4.98 Å². The third-order valence-electron chi connectivity index (χ3n) is 12.1. The Morgan fingerprint density at radius 1 is 0.435 bits per heavy atom. The van der Waals surface area contributed by atoms with Crippen LogP contribution in [-0.2, 0) is 10.8 Å². The lowest BCUT2D eigenvalue weighted by Gasteiger charge is -2.21. The Bertz CT molecular complexity index is 3310. The van der Waals surface area contributed by atoms with E-state index in [2.05, 4.69) is 174 Å². The largest absolute Gasteiger partial charge is 0.507 e. The molecule has 0 aliphatic heterocycles. The Kier molecular flexibility index (Phi) is 9.37. The van der Waals surface area contributed by atoms with Gasteiger partial charge in [0.25, 0.3) is 0 Å². The molecule has 0 bridgehead atoms. The molecule has 10 aromatic rings. The Morgan fingerprint density at radius 3 is 1.84 bits per heavy atom. The summed E-state index contributed by atoms with van der Waals surface area (Å²) in [6.07, 6.45) is 3.70. The van der Waals surface area contributed by atoms with Gasteiger partial charge in [-0.05, 0) is 134 Å². The summed E-state index contributed by atoms with van der Waals surface area (Å²) >= 11 is 0. The molecule has 0 amide bonds. The van der Waals surface area contributed by atoms with Gasteiger partial charge in [0.15, 0.2) is 0 Å². The van der Waals surface area contributed by atoms with Crippen LogP contribution >= 0.6 is 0 Å². The van der Waals surface area contributed by atoms with Crippen LogP contribution < -0.4 is 0 Å². The number of imidazole rings is 1. The van der Waals surface area contributed by atoms with Gasteiger partial charge in [-0.3, -0.25) is 14.5 Å². The van der Waals surface area contributed by atoms with Crippen molar-refractivity contribution in [3.05, 3.63) is 187 Å². The van der Waals surface area contributed by atoms with Gasteiger partial charge in [0.2, 0.25) is 0 Å². The highest BCUT2D eigenvalue weighted by Crippen LogP contribution is 2.43. The first kappa shape index (κ1) is 38.8. The van der Waals surface area contributed by atoms with Crippen molar-refractivity contribution < 1.29 is 5.11 Å². The molecule has 0 fully saturated rings. The van der Waals surface area contributed by atoms with Crippen LogP contribution in [0.25, 0.3) is 94.4 Å². The van der Waals surface area contributed by atoms with Crippen molar-refractivity contribution >= 4 is 32.7 Å². The molecule has 0 atom stereocenters. The summed E-state index contributed by atoms with van der Waals surface area (Å²) in [5.74, 6) is 0.866. The molecule has 0 saturated carbocycles. The van der Waals surface area contributed by atoms with Crippen molar-refractivity contribution in [1.82, 2.24) is 19.5 Å². The Labute approximate surface area is 363 Å². The molecule has 0 aliphatic carbocycles. The van der Waals surface area contributed by atoms with E-state index in [1.165, 1.54) is 16.3 Å². The lowest BCUT2D eigenvalue weighted by atomic mass is 9.86. The number of phenols is 1. The van der Waals surface area contributed by atoms with Crippen LogP contribution in [0.15, 0.2) is 176 Å². The Balaban J connectivity index is 1.27. The van der Waals surface area contributed by atoms with Crippen LogP contribution in [0.2, 0.25) is 0 Å². The number of hydrogen-bond donors (Lipinski definition) is 1. The quantitative estimate of drug-likeness (QED) is 0.182. The molecule has 7 aromatic carbocycles. The van der Waals surface area contributed by atoms with Gasteiger partial charge >= 0.3 is 0 Å². The van der Waals surface area contributed by atoms with Crippen LogP contribution in [0.5, 0.6) is 5.75 Å². The predicted octanol–water partition coefficient (Wildman–Crippen LogP) is 14.8. The van der Waals surface area contributed by atoms with Crippen molar-refractivity contribution in [2.24, 2.45) is 0 Å². The van der Waals surface area contributed by atoms with E-state index in [1.807, 2.05) is 48.8 Å². The molecule has 0 unspecified atom stereocenters. The summed E-state index contributed by atoms with van der Waals surface area (Å²) in [6, 6.07) is 57.7. The Morgan fingerprint density at radius 2 is 1.10 bits per heavy atom. The Hall–Kier alpha value is -7.37. The maximum atomic E-state index is 11.7. The van der Waals surface area contributed by atoms with E-state index in [4.69, 9.17) is 15.0 Å². The second-order valence-electron chi connectivity index (χ2n) is 18.4. The zero-order chi connectivity index (χ0) is 42.8. The summed E-state index contributed by atoms with van der Waals surface area (Å²) in [5.41, 5.74) is 14.8. The number of pyridine rings is 2. The molecule has 3 heterocycles. The topological polar surface area (TPSA) is 63.8 Å². The van der Waals surface area contributed by atoms with Crippen molar-refractivity contribution in [3.8, 4) is 67.5 Å². The maximum absolute atomic E-state index is 11.7. The van der Waals surface area contributed by atoms with Gasteiger partial charge in [-0.2, -0.15) is 0 Å². The molecule has 1 N–H and O–H groups in total. The lowest BCUT2D eigenvalue weighted by molar-refractivity contribution is 0.475.